The molecule has 1 aliphatic heterocycles. The molecule has 1 aromatic heterocycles. The van der Waals surface area contributed by atoms with Crippen molar-refractivity contribution in [3.05, 3.63) is 24.2 Å². The summed E-state index contributed by atoms with van der Waals surface area (Å²) in [5.41, 5.74) is 2.63. The van der Waals surface area contributed by atoms with Gasteiger partial charge >= 0.3 is 0 Å². The Hall–Kier alpha value is -1.01. The number of benzene rings is 1. The van der Waals surface area contributed by atoms with Crippen molar-refractivity contribution in [3.63, 3.8) is 0 Å². The van der Waals surface area contributed by atoms with Crippen LogP contribution in [-0.4, -0.2) is 21.9 Å². The van der Waals surface area contributed by atoms with E-state index in [0.717, 1.165) is 6.42 Å². The van der Waals surface area contributed by atoms with Gasteiger partial charge in [-0.1, -0.05) is 49.0 Å². The lowest BCUT2D eigenvalue weighted by Crippen LogP contribution is -2.58. The molecule has 1 aliphatic rings. The maximum Gasteiger partial charge on any atom is 0.286 e. The van der Waals surface area contributed by atoms with Crippen LogP contribution in [0.15, 0.2) is 18.5 Å². The predicted octanol–water partition coefficient (Wildman–Crippen LogP) is 1.61. The van der Waals surface area contributed by atoms with Gasteiger partial charge in [0, 0.05) is 6.42 Å². The van der Waals surface area contributed by atoms with Gasteiger partial charge in [-0.2, -0.15) is 0 Å². The van der Waals surface area contributed by atoms with Crippen molar-refractivity contribution >= 4 is 38.1 Å². The zero-order valence-corrected chi connectivity index (χ0v) is 15.5. The molecule has 4 heteroatoms. The van der Waals surface area contributed by atoms with Crippen molar-refractivity contribution < 1.29 is 4.57 Å². The lowest BCUT2D eigenvalue weighted by atomic mass is 10.1. The second-order valence-electron chi connectivity index (χ2n) is 6.94. The Labute approximate surface area is 124 Å². The molecule has 20 heavy (non-hydrogen) atoms. The summed E-state index contributed by atoms with van der Waals surface area (Å²) in [5, 5.41) is 4.84. The van der Waals surface area contributed by atoms with Crippen molar-refractivity contribution in [2.75, 3.05) is 0 Å². The van der Waals surface area contributed by atoms with Crippen molar-refractivity contribution in [3.8, 4) is 0 Å². The first-order chi connectivity index (χ1) is 9.44. The van der Waals surface area contributed by atoms with Gasteiger partial charge in [-0.25, -0.2) is 4.57 Å². The molecule has 2 nitrogen and oxygen atoms in total. The highest BCUT2D eigenvalue weighted by atomic mass is 28.3. The average Bonchev–Trinajstić information content (AvgIpc) is 2.42. The summed E-state index contributed by atoms with van der Waals surface area (Å²) in [6.07, 6.45) is 3.05. The first-order valence-electron chi connectivity index (χ1n) is 7.75. The lowest BCUT2D eigenvalue weighted by molar-refractivity contribution is -0.680. The second-order valence-corrected chi connectivity index (χ2v) is 14.7. The summed E-state index contributed by atoms with van der Waals surface area (Å²) in [6.45, 7) is 9.83. The van der Waals surface area contributed by atoms with E-state index < -0.39 is 16.9 Å². The number of rotatable bonds is 1. The van der Waals surface area contributed by atoms with Crippen LogP contribution in [0.3, 0.4) is 0 Å². The van der Waals surface area contributed by atoms with Crippen molar-refractivity contribution in [2.24, 2.45) is 7.05 Å². The standard InChI is InChI=1S/C16H25N2Si2/c1-6-14-12-9-15-16(10-13(12)17-11-18(14)2)20(4,5)8-7-19(15)3/h9-11,19H,6-8H2,1-5H3/q+1. The molecular formula is C16H25N2Si2+. The topological polar surface area (TPSA) is 16.8 Å². The number of fused-ring (bicyclic) bond motifs is 2. The van der Waals surface area contributed by atoms with Crippen LogP contribution in [0.4, 0.5) is 0 Å². The van der Waals surface area contributed by atoms with Gasteiger partial charge in [0.1, 0.15) is 5.69 Å². The van der Waals surface area contributed by atoms with Crippen LogP contribution in [0.2, 0.25) is 31.7 Å². The minimum absolute atomic E-state index is 0.732. The molecule has 0 amide bonds. The van der Waals surface area contributed by atoms with Gasteiger partial charge in [0.15, 0.2) is 5.52 Å². The quantitative estimate of drug-likeness (QED) is 0.578. The van der Waals surface area contributed by atoms with Gasteiger partial charge in [0.05, 0.1) is 29.3 Å². The maximum atomic E-state index is 4.69. The Morgan fingerprint density at radius 3 is 2.80 bits per heavy atom. The fourth-order valence-electron chi connectivity index (χ4n) is 3.65. The highest BCUT2D eigenvalue weighted by Gasteiger charge is 2.34. The number of hydrogen-bond donors (Lipinski definition) is 0. The van der Waals surface area contributed by atoms with Crippen molar-refractivity contribution in [1.29, 1.82) is 0 Å². The van der Waals surface area contributed by atoms with E-state index in [9.17, 15) is 0 Å². The van der Waals surface area contributed by atoms with Crippen LogP contribution >= 0.6 is 0 Å². The molecule has 0 N–H and O–H groups in total. The van der Waals surface area contributed by atoms with Gasteiger partial charge in [-0.05, 0) is 17.1 Å². The molecule has 1 aromatic carbocycles. The minimum Gasteiger partial charge on any atom is -0.236 e. The van der Waals surface area contributed by atoms with Crippen LogP contribution in [-0.2, 0) is 13.5 Å². The van der Waals surface area contributed by atoms with E-state index in [1.54, 1.807) is 10.4 Å². The van der Waals surface area contributed by atoms with Crippen molar-refractivity contribution in [1.82, 2.24) is 4.98 Å². The van der Waals surface area contributed by atoms with Crippen molar-refractivity contribution in [2.45, 2.75) is 45.1 Å². The molecular weight excluding hydrogens is 276 g/mol. The molecule has 0 aliphatic carbocycles. The molecule has 2 heterocycles. The molecule has 3 rings (SSSR count). The van der Waals surface area contributed by atoms with Gasteiger partial charge < -0.3 is 0 Å². The van der Waals surface area contributed by atoms with E-state index in [0.29, 0.717) is 0 Å². The minimum atomic E-state index is -1.22. The Bertz CT molecular complexity index is 680. The molecule has 0 saturated heterocycles. The number of aryl methyl sites for hydroxylation is 2. The van der Waals surface area contributed by atoms with Gasteiger partial charge in [-0.3, -0.25) is 0 Å². The molecule has 106 valence electrons. The van der Waals surface area contributed by atoms with E-state index in [4.69, 9.17) is 0 Å². The summed E-state index contributed by atoms with van der Waals surface area (Å²) in [6, 6.07) is 7.92. The molecule has 0 fully saturated rings. The van der Waals surface area contributed by atoms with Crippen LogP contribution in [0.25, 0.3) is 10.9 Å². The third-order valence-corrected chi connectivity index (χ3v) is 12.1. The molecule has 0 saturated carbocycles. The summed E-state index contributed by atoms with van der Waals surface area (Å²) < 4.78 is 2.19. The lowest BCUT2D eigenvalue weighted by Gasteiger charge is -2.33. The highest BCUT2D eigenvalue weighted by Crippen LogP contribution is 2.22. The zero-order chi connectivity index (χ0) is 14.5. The Balaban J connectivity index is 2.35. The van der Waals surface area contributed by atoms with E-state index in [-0.39, 0.29) is 0 Å². The summed E-state index contributed by atoms with van der Waals surface area (Å²) in [5.74, 6) is 0. The number of nitrogens with zero attached hydrogens (tertiary/aromatic N) is 2. The smallest absolute Gasteiger partial charge is 0.236 e. The monoisotopic (exact) mass is 301 g/mol. The predicted molar refractivity (Wildman–Crippen MR) is 91.7 cm³/mol. The molecule has 0 radical (unpaired) electrons. The fraction of sp³-hybridized carbons (Fsp3) is 0.500. The number of hydrogen-bond acceptors (Lipinski definition) is 1. The molecule has 1 atom stereocenters. The van der Waals surface area contributed by atoms with E-state index >= 15 is 0 Å². The average molecular weight is 302 g/mol. The largest absolute Gasteiger partial charge is 0.286 e. The number of aromatic nitrogens is 2. The third-order valence-electron chi connectivity index (χ3n) is 5.07. The SMILES string of the molecule is CCc1c2cc3c(cc2nc[n+]1C)[Si](C)(C)CC[SiH]3C. The van der Waals surface area contributed by atoms with Crippen LogP contribution in [0.5, 0.6) is 0 Å². The molecule has 0 spiro atoms. The van der Waals surface area contributed by atoms with E-state index in [1.165, 1.54) is 28.7 Å². The van der Waals surface area contributed by atoms with Gasteiger partial charge in [-0.15, -0.1) is 0 Å². The molecule has 2 aromatic rings. The summed E-state index contributed by atoms with van der Waals surface area (Å²) in [7, 11) is 0.160. The second kappa shape index (κ2) is 4.77. The fourth-order valence-corrected chi connectivity index (χ4v) is 13.2. The van der Waals surface area contributed by atoms with Crippen LogP contribution in [0.1, 0.15) is 12.6 Å². The van der Waals surface area contributed by atoms with Gasteiger partial charge in [0.2, 0.25) is 0 Å². The van der Waals surface area contributed by atoms with E-state index in [1.807, 2.05) is 6.33 Å². The van der Waals surface area contributed by atoms with Crippen LogP contribution in [0, 0.1) is 0 Å². The molecule has 0 bridgehead atoms. The Morgan fingerprint density at radius 1 is 1.35 bits per heavy atom. The van der Waals surface area contributed by atoms with Gasteiger partial charge in [0.25, 0.3) is 6.33 Å². The third kappa shape index (κ3) is 2.05. The van der Waals surface area contributed by atoms with E-state index in [2.05, 4.69) is 55.3 Å². The zero-order valence-electron chi connectivity index (χ0n) is 13.3. The Kier molecular flexibility index (Phi) is 3.33. The summed E-state index contributed by atoms with van der Waals surface area (Å²) >= 11 is 0. The maximum absolute atomic E-state index is 4.69. The first kappa shape index (κ1) is 14.0. The highest BCUT2D eigenvalue weighted by molar-refractivity contribution is 6.97. The normalized spacial score (nSPS) is 20.9. The first-order valence-corrected chi connectivity index (χ1v) is 13.5. The molecule has 1 unspecified atom stereocenters. The summed E-state index contributed by atoms with van der Waals surface area (Å²) in [4.78, 5) is 4.69. The van der Waals surface area contributed by atoms with Crippen LogP contribution < -0.4 is 14.9 Å². The Morgan fingerprint density at radius 2 is 2.10 bits per heavy atom.